The van der Waals surface area contributed by atoms with Gasteiger partial charge in [0.1, 0.15) is 18.5 Å². The maximum Gasteiger partial charge on any atom is 0.138 e. The number of nitriles is 1. The van der Waals surface area contributed by atoms with Crippen molar-refractivity contribution in [1.29, 1.82) is 5.26 Å². The number of allylic oxidation sites excluding steroid dienone is 1. The fraction of sp³-hybridized carbons (Fsp3) is 0.667. The van der Waals surface area contributed by atoms with Crippen LogP contribution < -0.4 is 8.85 Å². The van der Waals surface area contributed by atoms with E-state index >= 15 is 0 Å². The Bertz CT molecular complexity index is 245. The van der Waals surface area contributed by atoms with Gasteiger partial charge in [0.25, 0.3) is 0 Å². The van der Waals surface area contributed by atoms with E-state index in [1.54, 1.807) is 6.20 Å². The van der Waals surface area contributed by atoms with Crippen LogP contribution in [-0.2, 0) is 4.74 Å². The predicted molar refractivity (Wildman–Crippen MR) is 73.0 cm³/mol. The lowest BCUT2D eigenvalue weighted by Crippen LogP contribution is -2.23. The van der Waals surface area contributed by atoms with Crippen molar-refractivity contribution >= 4 is 30.9 Å². The first-order valence-electron chi connectivity index (χ1n) is 4.77. The lowest BCUT2D eigenvalue weighted by atomic mass is 10.5. The van der Waals surface area contributed by atoms with Gasteiger partial charge in [-0.1, -0.05) is 19.6 Å². The highest BCUT2D eigenvalue weighted by Gasteiger charge is 2.11. The van der Waals surface area contributed by atoms with Gasteiger partial charge >= 0.3 is 0 Å². The molecule has 0 aliphatic rings. The number of nitrogens with zero attached hydrogens (tertiary/aromatic N) is 1. The van der Waals surface area contributed by atoms with E-state index < -0.39 is 8.07 Å². The predicted octanol–water partition coefficient (Wildman–Crippen LogP) is 2.19. The molecule has 0 aromatic rings. The molecule has 0 atom stereocenters. The largest absolute Gasteiger partial charge is 0.366 e. The van der Waals surface area contributed by atoms with E-state index in [-0.39, 0.29) is 0 Å². The number of hydrogen-bond acceptors (Lipinski definition) is 4. The first-order chi connectivity index (χ1) is 6.99. The molecule has 0 fully saturated rings. The van der Waals surface area contributed by atoms with Gasteiger partial charge in [-0.25, -0.2) is 0 Å². The van der Waals surface area contributed by atoms with Crippen molar-refractivity contribution in [3.63, 3.8) is 0 Å². The summed E-state index contributed by atoms with van der Waals surface area (Å²) in [5, 5.41) is 11.5. The molecule has 6 heteroatoms. The second kappa shape index (κ2) is 7.96. The molecule has 0 aliphatic heterocycles. The molecule has 0 amide bonds. The van der Waals surface area contributed by atoms with Crippen LogP contribution in [0.3, 0.4) is 0 Å². The van der Waals surface area contributed by atoms with E-state index in [0.29, 0.717) is 12.4 Å². The van der Waals surface area contributed by atoms with E-state index in [2.05, 4.69) is 28.5 Å². The number of halogens is 1. The third-order valence-corrected chi connectivity index (χ3v) is 3.94. The Morgan fingerprint density at radius 2 is 2.20 bits per heavy atom. The molecule has 0 spiro atoms. The Hall–Kier alpha value is -0.263. The second-order valence-electron chi connectivity index (χ2n) is 4.33. The van der Waals surface area contributed by atoms with Crippen LogP contribution in [0.5, 0.6) is 0 Å². The molecule has 0 heterocycles. The third-order valence-electron chi connectivity index (χ3n) is 1.65. The highest BCUT2D eigenvalue weighted by Crippen LogP contribution is 2.06. The molecule has 86 valence electrons. The van der Waals surface area contributed by atoms with E-state index in [4.69, 9.17) is 10.00 Å². The van der Waals surface area contributed by atoms with E-state index in [1.807, 2.05) is 28.9 Å². The molecule has 0 aromatic heterocycles. The molecule has 0 saturated heterocycles. The topological polar surface area (TPSA) is 57.1 Å². The second-order valence-corrected chi connectivity index (χ2v) is 10.5. The fourth-order valence-corrected chi connectivity index (χ4v) is 1.77. The zero-order valence-electron chi connectivity index (χ0n) is 9.43. The Morgan fingerprint density at radius 3 is 2.67 bits per heavy atom. The zero-order valence-corrected chi connectivity index (χ0v) is 12.6. The SMILES string of the molecule is C[Si](C)(C)CCOCN/C=C(/C#N)NI. The average Bonchev–Trinajstić information content (AvgIpc) is 2.15. The average molecular weight is 339 g/mol. The molecular formula is C9H18IN3OSi. The van der Waals surface area contributed by atoms with Crippen LogP contribution in [0.15, 0.2) is 11.9 Å². The molecule has 0 bridgehead atoms. The molecule has 0 aromatic carbocycles. The maximum absolute atomic E-state index is 8.57. The molecule has 0 radical (unpaired) electrons. The lowest BCUT2D eigenvalue weighted by molar-refractivity contribution is 0.137. The smallest absolute Gasteiger partial charge is 0.138 e. The summed E-state index contributed by atoms with van der Waals surface area (Å²) in [4.78, 5) is 0. The summed E-state index contributed by atoms with van der Waals surface area (Å²) < 4.78 is 8.11. The number of nitrogens with one attached hydrogen (secondary N) is 2. The molecular weight excluding hydrogens is 321 g/mol. The standard InChI is InChI=1S/C9H18IN3OSi/c1-15(2,3)5-4-14-8-12-7-9(6-11)13-10/h7,12-13H,4-5,8H2,1-3H3/b9-7-. The number of hydrogen-bond donors (Lipinski definition) is 2. The number of ether oxygens (including phenoxy) is 1. The highest BCUT2D eigenvalue weighted by atomic mass is 127. The van der Waals surface area contributed by atoms with Crippen LogP contribution in [0, 0.1) is 11.3 Å². The van der Waals surface area contributed by atoms with Crippen molar-refractivity contribution in [2.45, 2.75) is 25.7 Å². The normalized spacial score (nSPS) is 12.1. The summed E-state index contributed by atoms with van der Waals surface area (Å²) in [6, 6.07) is 3.16. The first kappa shape index (κ1) is 14.7. The van der Waals surface area contributed by atoms with Crippen molar-refractivity contribution in [3.05, 3.63) is 11.9 Å². The van der Waals surface area contributed by atoms with Crippen molar-refractivity contribution in [2.24, 2.45) is 0 Å². The summed E-state index contributed by atoms with van der Waals surface area (Å²) in [6.07, 6.45) is 1.61. The van der Waals surface area contributed by atoms with E-state index in [9.17, 15) is 0 Å². The monoisotopic (exact) mass is 339 g/mol. The first-order valence-corrected chi connectivity index (χ1v) is 9.56. The van der Waals surface area contributed by atoms with Crippen LogP contribution in [0.2, 0.25) is 25.7 Å². The Kier molecular flexibility index (Phi) is 7.82. The van der Waals surface area contributed by atoms with Gasteiger partial charge in [0.2, 0.25) is 0 Å². The van der Waals surface area contributed by atoms with Crippen molar-refractivity contribution in [1.82, 2.24) is 8.85 Å². The van der Waals surface area contributed by atoms with Gasteiger partial charge in [-0.3, -0.25) is 0 Å². The van der Waals surface area contributed by atoms with Gasteiger partial charge in [0.05, 0.1) is 22.9 Å². The molecule has 0 saturated carbocycles. The minimum Gasteiger partial charge on any atom is -0.366 e. The van der Waals surface area contributed by atoms with Gasteiger partial charge < -0.3 is 13.6 Å². The van der Waals surface area contributed by atoms with Crippen molar-refractivity contribution in [2.75, 3.05) is 13.3 Å². The fourth-order valence-electron chi connectivity index (χ4n) is 0.734. The van der Waals surface area contributed by atoms with Crippen LogP contribution in [0.1, 0.15) is 0 Å². The van der Waals surface area contributed by atoms with Crippen molar-refractivity contribution < 1.29 is 4.74 Å². The lowest BCUT2D eigenvalue weighted by Gasteiger charge is -2.15. The van der Waals surface area contributed by atoms with Gasteiger partial charge in [-0.2, -0.15) is 5.26 Å². The van der Waals surface area contributed by atoms with E-state index in [1.165, 1.54) is 0 Å². The molecule has 0 aliphatic carbocycles. The zero-order chi connectivity index (χ0) is 11.7. The minimum absolute atomic E-state index is 0.452. The Labute approximate surface area is 107 Å². The van der Waals surface area contributed by atoms with Crippen LogP contribution in [0.4, 0.5) is 0 Å². The molecule has 15 heavy (non-hydrogen) atoms. The Morgan fingerprint density at radius 1 is 1.53 bits per heavy atom. The summed E-state index contributed by atoms with van der Waals surface area (Å²) in [5.74, 6) is 0. The number of rotatable bonds is 7. The highest BCUT2D eigenvalue weighted by molar-refractivity contribution is 14.1. The molecule has 0 unspecified atom stereocenters. The Balaban J connectivity index is 3.49. The third kappa shape index (κ3) is 10.0. The van der Waals surface area contributed by atoms with E-state index in [0.717, 1.165) is 12.7 Å². The maximum atomic E-state index is 8.57. The molecule has 0 rings (SSSR count). The van der Waals surface area contributed by atoms with Crippen molar-refractivity contribution in [3.8, 4) is 6.07 Å². The van der Waals surface area contributed by atoms with Crippen LogP contribution in [0.25, 0.3) is 0 Å². The molecule has 4 nitrogen and oxygen atoms in total. The van der Waals surface area contributed by atoms with Gasteiger partial charge in [-0.15, -0.1) is 0 Å². The summed E-state index contributed by atoms with van der Waals surface area (Å²) in [7, 11) is -0.987. The summed E-state index contributed by atoms with van der Waals surface area (Å²) in [5.41, 5.74) is 0.490. The van der Waals surface area contributed by atoms with Crippen LogP contribution in [-0.4, -0.2) is 21.4 Å². The molecule has 2 N–H and O–H groups in total. The summed E-state index contributed by atoms with van der Waals surface area (Å²) in [6.45, 7) is 8.19. The minimum atomic E-state index is -0.987. The van der Waals surface area contributed by atoms with Gasteiger partial charge in [0.15, 0.2) is 0 Å². The van der Waals surface area contributed by atoms with Gasteiger partial charge in [0, 0.05) is 20.9 Å². The van der Waals surface area contributed by atoms with Crippen LogP contribution >= 0.6 is 22.9 Å². The van der Waals surface area contributed by atoms with Gasteiger partial charge in [-0.05, 0) is 6.04 Å². The summed E-state index contributed by atoms with van der Waals surface area (Å²) >= 11 is 1.91. The quantitative estimate of drug-likeness (QED) is 0.186.